The summed E-state index contributed by atoms with van der Waals surface area (Å²) in [7, 11) is 0. The molecular weight excluding hydrogens is 306 g/mol. The lowest BCUT2D eigenvalue weighted by molar-refractivity contribution is -0.120. The van der Waals surface area contributed by atoms with Gasteiger partial charge in [0.1, 0.15) is 6.04 Å². The van der Waals surface area contributed by atoms with Crippen LogP contribution in [0.1, 0.15) is 35.0 Å². The zero-order valence-electron chi connectivity index (χ0n) is 13.4. The number of nitrogens with one attached hydrogen (secondary N) is 1. The highest BCUT2D eigenvalue weighted by molar-refractivity contribution is 5.91. The second kappa shape index (κ2) is 7.31. The molecule has 1 aromatic carbocycles. The van der Waals surface area contributed by atoms with Crippen molar-refractivity contribution in [3.05, 3.63) is 60.1 Å². The van der Waals surface area contributed by atoms with Gasteiger partial charge in [0.2, 0.25) is 5.91 Å². The molecule has 0 saturated carbocycles. The molecule has 0 bridgehead atoms. The summed E-state index contributed by atoms with van der Waals surface area (Å²) in [4.78, 5) is 25.8. The number of hydrogen-bond acceptors (Lipinski definition) is 4. The molecule has 1 fully saturated rings. The summed E-state index contributed by atoms with van der Waals surface area (Å²) in [5, 5.41) is 3.33. The number of carbonyl (C=O) groups excluding carboxylic acids is 2. The number of carbonyl (C=O) groups is 2. The molecule has 3 N–H and O–H groups in total. The van der Waals surface area contributed by atoms with E-state index in [-0.39, 0.29) is 11.9 Å². The fourth-order valence-electron chi connectivity index (χ4n) is 3.03. The van der Waals surface area contributed by atoms with Gasteiger partial charge in [-0.1, -0.05) is 30.3 Å². The van der Waals surface area contributed by atoms with Crippen LogP contribution in [0.2, 0.25) is 0 Å². The molecule has 0 aliphatic carbocycles. The van der Waals surface area contributed by atoms with Crippen LogP contribution in [0.5, 0.6) is 0 Å². The maximum atomic E-state index is 12.3. The van der Waals surface area contributed by atoms with Crippen molar-refractivity contribution in [3.63, 3.8) is 0 Å². The molecule has 0 spiro atoms. The second-order valence-corrected chi connectivity index (χ2v) is 5.96. The number of amides is 2. The van der Waals surface area contributed by atoms with Crippen molar-refractivity contribution in [1.29, 1.82) is 0 Å². The average Bonchev–Trinajstić information content (AvgIpc) is 3.15. The Morgan fingerprint density at radius 1 is 1.12 bits per heavy atom. The van der Waals surface area contributed by atoms with Crippen LogP contribution in [0.4, 0.5) is 0 Å². The van der Waals surface area contributed by atoms with Crippen LogP contribution >= 0.6 is 0 Å². The molecule has 1 saturated heterocycles. The quantitative estimate of drug-likeness (QED) is 0.875. The summed E-state index contributed by atoms with van der Waals surface area (Å²) < 4.78 is 5.16. The van der Waals surface area contributed by atoms with E-state index in [9.17, 15) is 9.59 Å². The Bertz CT molecular complexity index is 677. The van der Waals surface area contributed by atoms with Crippen LogP contribution in [0, 0.1) is 0 Å². The first-order valence-corrected chi connectivity index (χ1v) is 8.08. The molecule has 3 rings (SSSR count). The first kappa shape index (κ1) is 16.3. The first-order valence-electron chi connectivity index (χ1n) is 8.08. The monoisotopic (exact) mass is 327 g/mol. The Labute approximate surface area is 140 Å². The van der Waals surface area contributed by atoms with Gasteiger partial charge in [0.05, 0.1) is 6.26 Å². The molecule has 1 unspecified atom stereocenters. The van der Waals surface area contributed by atoms with E-state index < -0.39 is 11.9 Å². The van der Waals surface area contributed by atoms with Crippen LogP contribution in [0.3, 0.4) is 0 Å². The smallest absolute Gasteiger partial charge is 0.289 e. The lowest BCUT2D eigenvalue weighted by Gasteiger charge is -2.33. The Morgan fingerprint density at radius 2 is 1.83 bits per heavy atom. The number of furan rings is 1. The molecule has 2 heterocycles. The van der Waals surface area contributed by atoms with E-state index in [0.717, 1.165) is 18.4 Å². The largest absolute Gasteiger partial charge is 0.459 e. The Kier molecular flexibility index (Phi) is 4.96. The molecule has 1 atom stereocenters. The van der Waals surface area contributed by atoms with Gasteiger partial charge in [-0.25, -0.2) is 0 Å². The fraction of sp³-hybridized carbons (Fsp3) is 0.333. The van der Waals surface area contributed by atoms with Gasteiger partial charge in [-0.3, -0.25) is 14.9 Å². The Balaban J connectivity index is 1.58. The van der Waals surface area contributed by atoms with Crippen molar-refractivity contribution >= 4 is 11.8 Å². The number of likely N-dealkylation sites (tertiary alicyclic amines) is 1. The van der Waals surface area contributed by atoms with E-state index in [1.807, 2.05) is 30.3 Å². The van der Waals surface area contributed by atoms with Crippen LogP contribution in [0.25, 0.3) is 0 Å². The molecule has 2 aromatic rings. The Morgan fingerprint density at radius 3 is 2.42 bits per heavy atom. The summed E-state index contributed by atoms with van der Waals surface area (Å²) in [6, 6.07) is 12.5. The van der Waals surface area contributed by atoms with Crippen molar-refractivity contribution in [2.45, 2.75) is 24.9 Å². The molecule has 24 heavy (non-hydrogen) atoms. The summed E-state index contributed by atoms with van der Waals surface area (Å²) in [6.45, 7) is 1.24. The minimum absolute atomic E-state index is 0.0899. The normalized spacial score (nSPS) is 16.8. The van der Waals surface area contributed by atoms with Crippen molar-refractivity contribution < 1.29 is 14.0 Å². The third kappa shape index (κ3) is 3.65. The van der Waals surface area contributed by atoms with Crippen LogP contribution in [-0.2, 0) is 4.79 Å². The van der Waals surface area contributed by atoms with E-state index in [0.29, 0.717) is 18.8 Å². The van der Waals surface area contributed by atoms with Gasteiger partial charge >= 0.3 is 0 Å². The van der Waals surface area contributed by atoms with Gasteiger partial charge in [0, 0.05) is 19.1 Å². The second-order valence-electron chi connectivity index (χ2n) is 5.96. The number of rotatable bonds is 5. The van der Waals surface area contributed by atoms with E-state index >= 15 is 0 Å². The van der Waals surface area contributed by atoms with Crippen molar-refractivity contribution in [2.24, 2.45) is 5.73 Å². The molecule has 6 nitrogen and oxygen atoms in total. The van der Waals surface area contributed by atoms with Gasteiger partial charge in [0.15, 0.2) is 5.76 Å². The van der Waals surface area contributed by atoms with Crippen molar-refractivity contribution in [1.82, 2.24) is 10.2 Å². The van der Waals surface area contributed by atoms with E-state index in [1.165, 1.54) is 6.26 Å². The highest BCUT2D eigenvalue weighted by Gasteiger charge is 2.28. The van der Waals surface area contributed by atoms with Crippen LogP contribution in [-0.4, -0.2) is 35.8 Å². The average molecular weight is 327 g/mol. The highest BCUT2D eigenvalue weighted by atomic mass is 16.3. The number of nitrogens with two attached hydrogens (primary N) is 1. The number of benzene rings is 1. The standard InChI is InChI=1S/C18H21N3O3/c19-17(22)16(13-5-2-1-3-6-13)20-14-8-10-21(11-9-14)18(23)15-7-4-12-24-15/h1-7,12,14,16,20H,8-11H2,(H2,19,22). The first-order chi connectivity index (χ1) is 11.6. The molecule has 1 aliphatic heterocycles. The predicted octanol–water partition coefficient (Wildman–Crippen LogP) is 1.70. The van der Waals surface area contributed by atoms with Crippen LogP contribution < -0.4 is 11.1 Å². The molecule has 0 radical (unpaired) electrons. The summed E-state index contributed by atoms with van der Waals surface area (Å²) in [5.41, 5.74) is 6.41. The maximum absolute atomic E-state index is 12.3. The van der Waals surface area contributed by atoms with Crippen molar-refractivity contribution in [2.75, 3.05) is 13.1 Å². The van der Waals surface area contributed by atoms with Gasteiger partial charge in [-0.15, -0.1) is 0 Å². The van der Waals surface area contributed by atoms with Gasteiger partial charge in [-0.2, -0.15) is 0 Å². The molecular formula is C18H21N3O3. The third-order valence-corrected chi connectivity index (χ3v) is 4.33. The summed E-state index contributed by atoms with van der Waals surface area (Å²) in [5.74, 6) is -0.121. The van der Waals surface area contributed by atoms with E-state index in [1.54, 1.807) is 17.0 Å². The van der Waals surface area contributed by atoms with Crippen LogP contribution in [0.15, 0.2) is 53.1 Å². The highest BCUT2D eigenvalue weighted by Crippen LogP contribution is 2.19. The number of primary amides is 1. The fourth-order valence-corrected chi connectivity index (χ4v) is 3.03. The van der Waals surface area contributed by atoms with E-state index in [2.05, 4.69) is 5.32 Å². The lowest BCUT2D eigenvalue weighted by atomic mass is 10.00. The zero-order valence-corrected chi connectivity index (χ0v) is 13.4. The number of nitrogens with zero attached hydrogens (tertiary/aromatic N) is 1. The SMILES string of the molecule is NC(=O)C(NC1CCN(C(=O)c2ccco2)CC1)c1ccccc1. The summed E-state index contributed by atoms with van der Waals surface area (Å²) in [6.07, 6.45) is 3.03. The van der Waals surface area contributed by atoms with E-state index in [4.69, 9.17) is 10.2 Å². The minimum atomic E-state index is -0.511. The molecule has 1 aliphatic rings. The maximum Gasteiger partial charge on any atom is 0.289 e. The molecule has 1 aromatic heterocycles. The minimum Gasteiger partial charge on any atom is -0.459 e. The zero-order chi connectivity index (χ0) is 16.9. The predicted molar refractivity (Wildman–Crippen MR) is 89.1 cm³/mol. The number of piperidine rings is 1. The van der Waals surface area contributed by atoms with Gasteiger partial charge in [0.25, 0.3) is 5.91 Å². The topological polar surface area (TPSA) is 88.6 Å². The van der Waals surface area contributed by atoms with Gasteiger partial charge < -0.3 is 15.1 Å². The van der Waals surface area contributed by atoms with Crippen molar-refractivity contribution in [3.8, 4) is 0 Å². The van der Waals surface area contributed by atoms with Gasteiger partial charge in [-0.05, 0) is 30.5 Å². The molecule has 126 valence electrons. The molecule has 2 amide bonds. The number of hydrogen-bond donors (Lipinski definition) is 2. The molecule has 6 heteroatoms. The Hall–Kier alpha value is -2.60. The third-order valence-electron chi connectivity index (χ3n) is 4.33. The summed E-state index contributed by atoms with van der Waals surface area (Å²) >= 11 is 0. The lowest BCUT2D eigenvalue weighted by Crippen LogP contribution is -2.47.